The molecule has 0 aliphatic rings. The summed E-state index contributed by atoms with van der Waals surface area (Å²) in [5, 5.41) is 5.10. The van der Waals surface area contributed by atoms with Gasteiger partial charge in [0.1, 0.15) is 0 Å². The number of halogens is 3. The fraction of sp³-hybridized carbons (Fsp3) is 0. The van der Waals surface area contributed by atoms with E-state index < -0.39 is 0 Å². The van der Waals surface area contributed by atoms with Gasteiger partial charge < -0.3 is 0 Å². The first kappa shape index (κ1) is 14.9. The zero-order valence-corrected chi connectivity index (χ0v) is 12.4. The summed E-state index contributed by atoms with van der Waals surface area (Å²) in [6.45, 7) is 0. The number of rotatable bonds is 3. The van der Waals surface area contributed by atoms with Gasteiger partial charge in [0, 0.05) is 0 Å². The molecular formula is C14H9Cl3N2O. The van der Waals surface area contributed by atoms with Crippen molar-refractivity contribution in [3.05, 3.63) is 68.7 Å². The number of nitrogens with zero attached hydrogens (tertiary/aromatic N) is 1. The molecule has 0 aliphatic heterocycles. The molecule has 0 heterocycles. The minimum Gasteiger partial charge on any atom is -0.267 e. The van der Waals surface area contributed by atoms with Crippen LogP contribution >= 0.6 is 34.8 Å². The smallest absolute Gasteiger partial charge is 0.267 e. The molecule has 2 aromatic rings. The molecule has 0 aromatic heterocycles. The van der Waals surface area contributed by atoms with E-state index in [1.807, 2.05) is 0 Å². The molecule has 1 N–H and O–H groups in total. The number of hydrazone groups is 1. The maximum absolute atomic E-state index is 11.8. The number of carbonyl (C=O) groups excluding carboxylic acids is 1. The quantitative estimate of drug-likeness (QED) is 0.658. The summed E-state index contributed by atoms with van der Waals surface area (Å²) in [5.74, 6) is -0.382. The first-order valence-electron chi connectivity index (χ1n) is 5.61. The van der Waals surface area contributed by atoms with Crippen LogP contribution in [0.4, 0.5) is 0 Å². The molecule has 0 aliphatic carbocycles. The molecule has 1 amide bonds. The molecule has 3 nitrogen and oxygen atoms in total. The predicted molar refractivity (Wildman–Crippen MR) is 83.0 cm³/mol. The van der Waals surface area contributed by atoms with E-state index in [0.717, 1.165) is 5.56 Å². The van der Waals surface area contributed by atoms with Crippen LogP contribution in [0.3, 0.4) is 0 Å². The van der Waals surface area contributed by atoms with E-state index in [9.17, 15) is 4.79 Å². The van der Waals surface area contributed by atoms with E-state index >= 15 is 0 Å². The van der Waals surface area contributed by atoms with Gasteiger partial charge in [0.05, 0.1) is 26.8 Å². The normalized spacial score (nSPS) is 10.8. The second-order valence-corrected chi connectivity index (χ2v) is 5.07. The minimum atomic E-state index is -0.382. The zero-order valence-electron chi connectivity index (χ0n) is 10.1. The fourth-order valence-corrected chi connectivity index (χ4v) is 1.99. The summed E-state index contributed by atoms with van der Waals surface area (Å²) in [5.41, 5.74) is 3.48. The van der Waals surface area contributed by atoms with Crippen LogP contribution in [0.25, 0.3) is 0 Å². The Morgan fingerprint density at radius 2 is 1.75 bits per heavy atom. The van der Waals surface area contributed by atoms with E-state index in [2.05, 4.69) is 10.5 Å². The average Bonchev–Trinajstić information content (AvgIpc) is 2.43. The lowest BCUT2D eigenvalue weighted by Crippen LogP contribution is -2.17. The number of benzene rings is 2. The van der Waals surface area contributed by atoms with Crippen molar-refractivity contribution >= 4 is 46.9 Å². The highest BCUT2D eigenvalue weighted by Gasteiger charge is 2.07. The molecule has 6 heteroatoms. The van der Waals surface area contributed by atoms with Crippen LogP contribution in [0.2, 0.25) is 15.1 Å². The first-order chi connectivity index (χ1) is 9.58. The van der Waals surface area contributed by atoms with E-state index in [0.29, 0.717) is 20.6 Å². The van der Waals surface area contributed by atoms with Gasteiger partial charge in [-0.25, -0.2) is 5.43 Å². The molecule has 20 heavy (non-hydrogen) atoms. The van der Waals surface area contributed by atoms with Gasteiger partial charge in [-0.3, -0.25) is 4.79 Å². The van der Waals surface area contributed by atoms with Crippen molar-refractivity contribution in [3.8, 4) is 0 Å². The van der Waals surface area contributed by atoms with Crippen molar-refractivity contribution < 1.29 is 4.79 Å². The standard InChI is InChI=1S/C14H9Cl3N2O/c15-11-4-2-1-3-10(11)14(20)19-18-8-9-5-6-12(16)13(17)7-9/h1-8H,(H,19,20)/b18-8+. The fourth-order valence-electron chi connectivity index (χ4n) is 1.46. The van der Waals surface area contributed by atoms with Crippen LogP contribution in [0.15, 0.2) is 47.6 Å². The Hall–Kier alpha value is -1.55. The molecule has 0 spiro atoms. The van der Waals surface area contributed by atoms with E-state index in [1.165, 1.54) is 6.21 Å². The topological polar surface area (TPSA) is 41.5 Å². The maximum Gasteiger partial charge on any atom is 0.272 e. The highest BCUT2D eigenvalue weighted by molar-refractivity contribution is 6.42. The summed E-state index contributed by atoms with van der Waals surface area (Å²) in [6, 6.07) is 11.8. The van der Waals surface area contributed by atoms with Crippen LogP contribution in [0.1, 0.15) is 15.9 Å². The van der Waals surface area contributed by atoms with Gasteiger partial charge in [0.2, 0.25) is 0 Å². The van der Waals surface area contributed by atoms with Crippen molar-refractivity contribution in [1.82, 2.24) is 5.43 Å². The summed E-state index contributed by atoms with van der Waals surface area (Å²) in [6.07, 6.45) is 1.47. The number of amides is 1. The Labute approximate surface area is 131 Å². The summed E-state index contributed by atoms with van der Waals surface area (Å²) in [4.78, 5) is 11.8. The van der Waals surface area contributed by atoms with Gasteiger partial charge >= 0.3 is 0 Å². The molecule has 102 valence electrons. The van der Waals surface area contributed by atoms with Gasteiger partial charge in [0.25, 0.3) is 5.91 Å². The van der Waals surface area contributed by atoms with Crippen molar-refractivity contribution in [3.63, 3.8) is 0 Å². The lowest BCUT2D eigenvalue weighted by Gasteiger charge is -2.02. The molecule has 0 bridgehead atoms. The third kappa shape index (κ3) is 3.73. The van der Waals surface area contributed by atoms with Crippen molar-refractivity contribution in [2.24, 2.45) is 5.10 Å². The van der Waals surface area contributed by atoms with Crippen LogP contribution in [-0.4, -0.2) is 12.1 Å². The van der Waals surface area contributed by atoms with Gasteiger partial charge in [-0.15, -0.1) is 0 Å². The van der Waals surface area contributed by atoms with E-state index in [1.54, 1.807) is 42.5 Å². The summed E-state index contributed by atoms with van der Waals surface area (Å²) in [7, 11) is 0. The van der Waals surface area contributed by atoms with Gasteiger partial charge in [0.15, 0.2) is 0 Å². The number of hydrogen-bond acceptors (Lipinski definition) is 2. The van der Waals surface area contributed by atoms with Crippen molar-refractivity contribution in [2.75, 3.05) is 0 Å². The lowest BCUT2D eigenvalue weighted by molar-refractivity contribution is 0.0955. The van der Waals surface area contributed by atoms with Crippen LogP contribution in [0.5, 0.6) is 0 Å². The Bertz CT molecular complexity index is 671. The average molecular weight is 328 g/mol. The lowest BCUT2D eigenvalue weighted by atomic mass is 10.2. The predicted octanol–water partition coefficient (Wildman–Crippen LogP) is 4.41. The first-order valence-corrected chi connectivity index (χ1v) is 6.74. The Balaban J connectivity index is 2.05. The van der Waals surface area contributed by atoms with Crippen molar-refractivity contribution in [2.45, 2.75) is 0 Å². The second kappa shape index (κ2) is 6.75. The van der Waals surface area contributed by atoms with Crippen LogP contribution in [0, 0.1) is 0 Å². The number of carbonyl (C=O) groups is 1. The maximum atomic E-state index is 11.8. The largest absolute Gasteiger partial charge is 0.272 e. The highest BCUT2D eigenvalue weighted by Crippen LogP contribution is 2.21. The molecule has 0 unspecified atom stereocenters. The van der Waals surface area contributed by atoms with Crippen molar-refractivity contribution in [1.29, 1.82) is 0 Å². The van der Waals surface area contributed by atoms with E-state index in [-0.39, 0.29) is 5.91 Å². The third-order valence-electron chi connectivity index (χ3n) is 2.44. The number of hydrogen-bond donors (Lipinski definition) is 1. The Morgan fingerprint density at radius 3 is 2.45 bits per heavy atom. The molecule has 0 radical (unpaired) electrons. The van der Waals surface area contributed by atoms with Gasteiger partial charge in [-0.2, -0.15) is 5.10 Å². The molecule has 0 fully saturated rings. The molecule has 0 atom stereocenters. The Morgan fingerprint density at radius 1 is 1.00 bits per heavy atom. The third-order valence-corrected chi connectivity index (χ3v) is 3.51. The summed E-state index contributed by atoms with van der Waals surface area (Å²) >= 11 is 17.6. The van der Waals surface area contributed by atoms with Crippen LogP contribution < -0.4 is 5.43 Å². The molecule has 0 saturated carbocycles. The highest BCUT2D eigenvalue weighted by atomic mass is 35.5. The SMILES string of the molecule is O=C(N/N=C/c1ccc(Cl)c(Cl)c1)c1ccccc1Cl. The van der Waals surface area contributed by atoms with E-state index in [4.69, 9.17) is 34.8 Å². The van der Waals surface area contributed by atoms with Crippen LogP contribution in [-0.2, 0) is 0 Å². The second-order valence-electron chi connectivity index (χ2n) is 3.85. The number of nitrogens with one attached hydrogen (secondary N) is 1. The van der Waals surface area contributed by atoms with Gasteiger partial charge in [-0.1, -0.05) is 53.0 Å². The molecule has 0 saturated heterocycles. The monoisotopic (exact) mass is 326 g/mol. The molecule has 2 rings (SSSR count). The minimum absolute atomic E-state index is 0.362. The van der Waals surface area contributed by atoms with Gasteiger partial charge in [-0.05, 0) is 29.8 Å². The summed E-state index contributed by atoms with van der Waals surface area (Å²) < 4.78 is 0. The zero-order chi connectivity index (χ0) is 14.5. The molecular weight excluding hydrogens is 319 g/mol. The molecule has 2 aromatic carbocycles. The Kier molecular flexibility index (Phi) is 5.01.